The summed E-state index contributed by atoms with van der Waals surface area (Å²) in [6.45, 7) is 1.66. The van der Waals surface area contributed by atoms with Gasteiger partial charge in [0.2, 0.25) is 0 Å². The summed E-state index contributed by atoms with van der Waals surface area (Å²) < 4.78 is 0. The van der Waals surface area contributed by atoms with Gasteiger partial charge in [-0.3, -0.25) is 5.10 Å². The smallest absolute Gasteiger partial charge is 0.0795 e. The number of hydrogen-bond donors (Lipinski definition) is 2. The molecule has 0 bridgehead atoms. The highest BCUT2D eigenvalue weighted by atomic mass is 32.1. The molecule has 5 heteroatoms. The van der Waals surface area contributed by atoms with Gasteiger partial charge in [0.05, 0.1) is 16.9 Å². The number of rotatable bonds is 5. The van der Waals surface area contributed by atoms with E-state index in [1.807, 2.05) is 11.6 Å². The summed E-state index contributed by atoms with van der Waals surface area (Å²) in [5, 5.41) is 12.4. The quantitative estimate of drug-likeness (QED) is 0.749. The fraction of sp³-hybridized carbons (Fsp3) is 0.143. The third-order valence-corrected chi connectivity index (χ3v) is 3.52. The summed E-state index contributed by atoms with van der Waals surface area (Å²) in [6.07, 6.45) is 1.76. The van der Waals surface area contributed by atoms with Gasteiger partial charge in [0, 0.05) is 24.7 Å². The highest BCUT2D eigenvalue weighted by Crippen LogP contribution is 2.16. The second kappa shape index (κ2) is 5.77. The molecule has 3 rings (SSSR count). The summed E-state index contributed by atoms with van der Waals surface area (Å²) in [7, 11) is 0. The Morgan fingerprint density at radius 1 is 1.11 bits per heavy atom. The molecule has 0 atom stereocenters. The average molecular weight is 270 g/mol. The van der Waals surface area contributed by atoms with Gasteiger partial charge in [-0.2, -0.15) is 5.10 Å². The Balaban J connectivity index is 1.57. The van der Waals surface area contributed by atoms with Crippen molar-refractivity contribution in [1.29, 1.82) is 0 Å². The molecule has 0 spiro atoms. The van der Waals surface area contributed by atoms with E-state index in [-0.39, 0.29) is 0 Å². The van der Waals surface area contributed by atoms with Crippen molar-refractivity contribution in [3.63, 3.8) is 0 Å². The lowest BCUT2D eigenvalue weighted by Gasteiger charge is -2.04. The largest absolute Gasteiger partial charge is 0.307 e. The maximum Gasteiger partial charge on any atom is 0.0795 e. The van der Waals surface area contributed by atoms with E-state index in [0.717, 1.165) is 30.0 Å². The van der Waals surface area contributed by atoms with Gasteiger partial charge in [-0.15, -0.1) is 11.3 Å². The van der Waals surface area contributed by atoms with Crippen molar-refractivity contribution < 1.29 is 0 Å². The Morgan fingerprint density at radius 2 is 2.00 bits per heavy atom. The minimum Gasteiger partial charge on any atom is -0.307 e. The third-order valence-electron chi connectivity index (χ3n) is 2.88. The molecule has 1 aromatic carbocycles. The molecule has 2 heterocycles. The number of aromatic nitrogens is 3. The van der Waals surface area contributed by atoms with Gasteiger partial charge in [-0.25, -0.2) is 4.98 Å². The zero-order valence-electron chi connectivity index (χ0n) is 10.3. The lowest BCUT2D eigenvalue weighted by atomic mass is 10.1. The van der Waals surface area contributed by atoms with Crippen LogP contribution in [-0.2, 0) is 13.1 Å². The molecule has 4 nitrogen and oxygen atoms in total. The first-order valence-electron chi connectivity index (χ1n) is 6.08. The zero-order valence-corrected chi connectivity index (χ0v) is 11.2. The van der Waals surface area contributed by atoms with Crippen LogP contribution in [0, 0.1) is 0 Å². The fourth-order valence-corrected chi connectivity index (χ4v) is 2.44. The average Bonchev–Trinajstić information content (AvgIpc) is 3.13. The topological polar surface area (TPSA) is 53.6 Å². The molecular formula is C14H14N4S. The van der Waals surface area contributed by atoms with E-state index < -0.39 is 0 Å². The van der Waals surface area contributed by atoms with E-state index in [1.54, 1.807) is 17.5 Å². The molecule has 0 saturated heterocycles. The van der Waals surface area contributed by atoms with Crippen LogP contribution >= 0.6 is 11.3 Å². The molecule has 0 unspecified atom stereocenters. The lowest BCUT2D eigenvalue weighted by Crippen LogP contribution is -2.12. The Morgan fingerprint density at radius 3 is 2.68 bits per heavy atom. The molecule has 0 aliphatic rings. The van der Waals surface area contributed by atoms with Crippen LogP contribution in [0.3, 0.4) is 0 Å². The molecule has 2 aromatic heterocycles. The predicted molar refractivity (Wildman–Crippen MR) is 76.7 cm³/mol. The van der Waals surface area contributed by atoms with Gasteiger partial charge in [-0.1, -0.05) is 24.3 Å². The van der Waals surface area contributed by atoms with Gasteiger partial charge in [0.1, 0.15) is 0 Å². The van der Waals surface area contributed by atoms with E-state index in [9.17, 15) is 0 Å². The molecule has 0 fully saturated rings. The minimum absolute atomic E-state index is 0.811. The van der Waals surface area contributed by atoms with Crippen LogP contribution in [0.4, 0.5) is 0 Å². The van der Waals surface area contributed by atoms with Crippen molar-refractivity contribution in [1.82, 2.24) is 20.5 Å². The number of hydrogen-bond acceptors (Lipinski definition) is 4. The maximum atomic E-state index is 4.24. The van der Waals surface area contributed by atoms with E-state index in [2.05, 4.69) is 50.1 Å². The van der Waals surface area contributed by atoms with Gasteiger partial charge in [0.25, 0.3) is 0 Å². The van der Waals surface area contributed by atoms with Crippen molar-refractivity contribution in [2.75, 3.05) is 0 Å². The van der Waals surface area contributed by atoms with E-state index in [4.69, 9.17) is 0 Å². The molecule has 0 saturated carbocycles. The number of thiazole rings is 1. The number of nitrogens with one attached hydrogen (secondary N) is 2. The first kappa shape index (κ1) is 12.1. The Labute approximate surface area is 115 Å². The van der Waals surface area contributed by atoms with Gasteiger partial charge in [-0.05, 0) is 17.2 Å². The molecule has 0 aliphatic heterocycles. The summed E-state index contributed by atoms with van der Waals surface area (Å²) in [4.78, 5) is 4.24. The van der Waals surface area contributed by atoms with Crippen molar-refractivity contribution >= 4 is 11.3 Å². The first-order chi connectivity index (χ1) is 9.42. The van der Waals surface area contributed by atoms with E-state index in [0.29, 0.717) is 0 Å². The van der Waals surface area contributed by atoms with Gasteiger partial charge in [0.15, 0.2) is 0 Å². The summed E-state index contributed by atoms with van der Waals surface area (Å²) in [6, 6.07) is 10.4. The van der Waals surface area contributed by atoms with E-state index in [1.165, 1.54) is 5.56 Å². The third kappa shape index (κ3) is 3.07. The predicted octanol–water partition coefficient (Wildman–Crippen LogP) is 2.82. The SMILES string of the molecule is c1cc(-c2ccc(CNCc3cscn3)cc2)[nH]n1. The highest BCUT2D eigenvalue weighted by molar-refractivity contribution is 7.07. The fourth-order valence-electron chi connectivity index (χ4n) is 1.88. The Kier molecular flexibility index (Phi) is 3.67. The monoisotopic (exact) mass is 270 g/mol. The number of aromatic amines is 1. The van der Waals surface area contributed by atoms with Crippen molar-refractivity contribution in [2.24, 2.45) is 0 Å². The summed E-state index contributed by atoms with van der Waals surface area (Å²) in [5.41, 5.74) is 6.41. The van der Waals surface area contributed by atoms with Crippen LogP contribution in [-0.4, -0.2) is 15.2 Å². The second-order valence-electron chi connectivity index (χ2n) is 4.25. The molecule has 0 radical (unpaired) electrons. The molecule has 19 heavy (non-hydrogen) atoms. The zero-order chi connectivity index (χ0) is 12.9. The van der Waals surface area contributed by atoms with Crippen molar-refractivity contribution in [2.45, 2.75) is 13.1 Å². The van der Waals surface area contributed by atoms with Crippen LogP contribution in [0.15, 0.2) is 47.4 Å². The Bertz CT molecular complexity index is 599. The van der Waals surface area contributed by atoms with Crippen LogP contribution in [0.25, 0.3) is 11.3 Å². The van der Waals surface area contributed by atoms with Gasteiger partial charge >= 0.3 is 0 Å². The minimum atomic E-state index is 0.811. The molecule has 0 aliphatic carbocycles. The highest BCUT2D eigenvalue weighted by Gasteiger charge is 1.99. The Hall–Kier alpha value is -1.98. The van der Waals surface area contributed by atoms with E-state index >= 15 is 0 Å². The number of nitrogens with zero attached hydrogens (tertiary/aromatic N) is 2. The summed E-state index contributed by atoms with van der Waals surface area (Å²) in [5.74, 6) is 0. The molecule has 3 aromatic rings. The van der Waals surface area contributed by atoms with Crippen molar-refractivity contribution in [3.05, 3.63) is 58.7 Å². The molecular weight excluding hydrogens is 256 g/mol. The van der Waals surface area contributed by atoms with Crippen LogP contribution in [0.1, 0.15) is 11.3 Å². The summed E-state index contributed by atoms with van der Waals surface area (Å²) >= 11 is 1.63. The van der Waals surface area contributed by atoms with Gasteiger partial charge < -0.3 is 5.32 Å². The number of H-pyrrole nitrogens is 1. The first-order valence-corrected chi connectivity index (χ1v) is 7.02. The van der Waals surface area contributed by atoms with Crippen molar-refractivity contribution in [3.8, 4) is 11.3 Å². The standard InChI is InChI=1S/C14H14N4S/c1-3-12(14-5-6-17-18-14)4-2-11(1)7-15-8-13-9-19-10-16-13/h1-6,9-10,15H,7-8H2,(H,17,18). The molecule has 2 N–H and O–H groups in total. The number of benzene rings is 1. The second-order valence-corrected chi connectivity index (χ2v) is 4.97. The van der Waals surface area contributed by atoms with Crippen LogP contribution in [0.5, 0.6) is 0 Å². The molecule has 96 valence electrons. The maximum absolute atomic E-state index is 4.24. The van der Waals surface area contributed by atoms with Crippen LogP contribution < -0.4 is 5.32 Å². The normalized spacial score (nSPS) is 10.7. The van der Waals surface area contributed by atoms with Crippen LogP contribution in [0.2, 0.25) is 0 Å². The molecule has 0 amide bonds. The lowest BCUT2D eigenvalue weighted by molar-refractivity contribution is 0.683.